The second-order valence-electron chi connectivity index (χ2n) is 4.47. The van der Waals surface area contributed by atoms with Gasteiger partial charge in [-0.15, -0.1) is 0 Å². The molecule has 1 heteroatoms. The van der Waals surface area contributed by atoms with Crippen molar-refractivity contribution >= 4 is 0 Å². The minimum absolute atomic E-state index is 0. The van der Waals surface area contributed by atoms with Gasteiger partial charge in [-0.1, -0.05) is 37.3 Å². The quantitative estimate of drug-likeness (QED) is 0.774. The lowest BCUT2D eigenvalue weighted by molar-refractivity contribution is 0.200. The Morgan fingerprint density at radius 1 is 1.14 bits per heavy atom. The van der Waals surface area contributed by atoms with Crippen molar-refractivity contribution in [1.82, 2.24) is 6.15 Å². The van der Waals surface area contributed by atoms with Gasteiger partial charge in [0.05, 0.1) is 0 Å². The van der Waals surface area contributed by atoms with Gasteiger partial charge in [-0.3, -0.25) is 0 Å². The Morgan fingerprint density at radius 3 is 2.36 bits per heavy atom. The lowest BCUT2D eigenvalue weighted by Gasteiger charge is -2.32. The average Bonchev–Trinajstić information content (AvgIpc) is 2.12. The molecule has 2 rings (SSSR count). The molecule has 0 unspecified atom stereocenters. The molecule has 78 valence electrons. The van der Waals surface area contributed by atoms with E-state index in [1.165, 1.54) is 31.2 Å². The van der Waals surface area contributed by atoms with Crippen LogP contribution in [0.1, 0.15) is 31.7 Å². The van der Waals surface area contributed by atoms with E-state index in [0.29, 0.717) is 0 Å². The van der Waals surface area contributed by atoms with E-state index >= 15 is 0 Å². The predicted octanol–water partition coefficient (Wildman–Crippen LogP) is 3.83. The first-order valence-corrected chi connectivity index (χ1v) is 5.38. The molecule has 1 saturated carbocycles. The minimum Gasteiger partial charge on any atom is -0.344 e. The van der Waals surface area contributed by atoms with Crippen LogP contribution >= 0.6 is 0 Å². The van der Waals surface area contributed by atoms with E-state index in [2.05, 4.69) is 37.3 Å². The molecular formula is C13H21N. The molecule has 14 heavy (non-hydrogen) atoms. The van der Waals surface area contributed by atoms with Crippen LogP contribution in [-0.4, -0.2) is 0 Å². The van der Waals surface area contributed by atoms with Crippen LogP contribution in [0.5, 0.6) is 0 Å². The fraction of sp³-hybridized carbons (Fsp3) is 0.538. The molecular weight excluding hydrogens is 170 g/mol. The van der Waals surface area contributed by atoms with Gasteiger partial charge in [0.15, 0.2) is 0 Å². The zero-order valence-corrected chi connectivity index (χ0v) is 9.08. The highest BCUT2D eigenvalue weighted by atomic mass is 14.3. The van der Waals surface area contributed by atoms with Gasteiger partial charge in [-0.05, 0) is 43.1 Å². The van der Waals surface area contributed by atoms with Gasteiger partial charge in [-0.2, -0.15) is 0 Å². The van der Waals surface area contributed by atoms with E-state index in [1.54, 1.807) is 0 Å². The standard InChI is InChI=1S/C13H18.H3N/c1-11-9-13(10-11)8-7-12-5-3-2-4-6-12;/h2-6,11,13H,7-10H2,1H3;1H3. The molecule has 1 aliphatic carbocycles. The lowest BCUT2D eigenvalue weighted by atomic mass is 9.73. The van der Waals surface area contributed by atoms with Crippen LogP contribution in [0.25, 0.3) is 0 Å². The van der Waals surface area contributed by atoms with Gasteiger partial charge < -0.3 is 6.15 Å². The Labute approximate surface area is 87.1 Å². The summed E-state index contributed by atoms with van der Waals surface area (Å²) >= 11 is 0. The highest BCUT2D eigenvalue weighted by molar-refractivity contribution is 5.14. The van der Waals surface area contributed by atoms with Crippen molar-refractivity contribution in [2.75, 3.05) is 0 Å². The third kappa shape index (κ3) is 2.85. The van der Waals surface area contributed by atoms with Crippen LogP contribution in [0, 0.1) is 11.8 Å². The molecule has 0 saturated heterocycles. The Morgan fingerprint density at radius 2 is 1.79 bits per heavy atom. The molecule has 0 atom stereocenters. The molecule has 1 aromatic rings. The maximum absolute atomic E-state index is 2.36. The molecule has 0 radical (unpaired) electrons. The van der Waals surface area contributed by atoms with E-state index in [1.807, 2.05) is 0 Å². The number of benzene rings is 1. The highest BCUT2D eigenvalue weighted by Crippen LogP contribution is 2.36. The van der Waals surface area contributed by atoms with Crippen molar-refractivity contribution in [2.24, 2.45) is 11.8 Å². The molecule has 1 aliphatic rings. The van der Waals surface area contributed by atoms with Crippen molar-refractivity contribution in [1.29, 1.82) is 0 Å². The zero-order chi connectivity index (χ0) is 9.10. The number of aryl methyl sites for hydroxylation is 1. The summed E-state index contributed by atoms with van der Waals surface area (Å²) in [4.78, 5) is 0. The lowest BCUT2D eigenvalue weighted by Crippen LogP contribution is -2.21. The molecule has 0 heterocycles. The maximum Gasteiger partial charge on any atom is -0.0276 e. The first-order chi connectivity index (χ1) is 6.34. The van der Waals surface area contributed by atoms with E-state index < -0.39 is 0 Å². The molecule has 3 N–H and O–H groups in total. The van der Waals surface area contributed by atoms with E-state index in [9.17, 15) is 0 Å². The fourth-order valence-corrected chi connectivity index (χ4v) is 2.32. The van der Waals surface area contributed by atoms with Gasteiger partial charge in [0.25, 0.3) is 0 Å². The average molecular weight is 191 g/mol. The molecule has 1 aromatic carbocycles. The summed E-state index contributed by atoms with van der Waals surface area (Å²) in [6, 6.07) is 10.8. The monoisotopic (exact) mass is 191 g/mol. The molecule has 1 fully saturated rings. The van der Waals surface area contributed by atoms with Crippen molar-refractivity contribution in [3.8, 4) is 0 Å². The van der Waals surface area contributed by atoms with Crippen molar-refractivity contribution in [3.63, 3.8) is 0 Å². The number of hydrogen-bond donors (Lipinski definition) is 1. The minimum atomic E-state index is 0. The van der Waals surface area contributed by atoms with E-state index in [0.717, 1.165) is 11.8 Å². The van der Waals surface area contributed by atoms with Gasteiger partial charge in [0.1, 0.15) is 0 Å². The van der Waals surface area contributed by atoms with Crippen molar-refractivity contribution in [3.05, 3.63) is 35.9 Å². The topological polar surface area (TPSA) is 35.0 Å². The predicted molar refractivity (Wildman–Crippen MR) is 61.7 cm³/mol. The summed E-state index contributed by atoms with van der Waals surface area (Å²) in [6.07, 6.45) is 5.60. The van der Waals surface area contributed by atoms with Crippen molar-refractivity contribution in [2.45, 2.75) is 32.6 Å². The van der Waals surface area contributed by atoms with Crippen LogP contribution in [0.4, 0.5) is 0 Å². The SMILES string of the molecule is CC1CC(CCc2ccccc2)C1.N. The summed E-state index contributed by atoms with van der Waals surface area (Å²) in [7, 11) is 0. The summed E-state index contributed by atoms with van der Waals surface area (Å²) < 4.78 is 0. The molecule has 1 nitrogen and oxygen atoms in total. The van der Waals surface area contributed by atoms with E-state index in [4.69, 9.17) is 0 Å². The van der Waals surface area contributed by atoms with Gasteiger partial charge >= 0.3 is 0 Å². The summed E-state index contributed by atoms with van der Waals surface area (Å²) in [5.74, 6) is 2.02. The molecule has 0 amide bonds. The zero-order valence-electron chi connectivity index (χ0n) is 9.08. The van der Waals surface area contributed by atoms with Crippen LogP contribution in [-0.2, 0) is 6.42 Å². The first-order valence-electron chi connectivity index (χ1n) is 5.38. The smallest absolute Gasteiger partial charge is 0.0276 e. The highest BCUT2D eigenvalue weighted by Gasteiger charge is 2.24. The molecule has 0 aliphatic heterocycles. The third-order valence-electron chi connectivity index (χ3n) is 3.16. The number of hydrogen-bond acceptors (Lipinski definition) is 1. The molecule has 0 aromatic heterocycles. The van der Waals surface area contributed by atoms with Crippen molar-refractivity contribution < 1.29 is 0 Å². The molecule has 0 spiro atoms. The Balaban J connectivity index is 0.000000980. The Hall–Kier alpha value is -0.820. The second kappa shape index (κ2) is 5.16. The second-order valence-corrected chi connectivity index (χ2v) is 4.47. The van der Waals surface area contributed by atoms with Gasteiger partial charge in [0, 0.05) is 0 Å². The van der Waals surface area contributed by atoms with Gasteiger partial charge in [0.2, 0.25) is 0 Å². The maximum atomic E-state index is 2.36. The summed E-state index contributed by atoms with van der Waals surface area (Å²) in [5, 5.41) is 0. The van der Waals surface area contributed by atoms with E-state index in [-0.39, 0.29) is 6.15 Å². The van der Waals surface area contributed by atoms with Gasteiger partial charge in [-0.25, -0.2) is 0 Å². The fourth-order valence-electron chi connectivity index (χ4n) is 2.32. The van der Waals surface area contributed by atoms with Crippen LogP contribution in [0.3, 0.4) is 0 Å². The Kier molecular flexibility index (Phi) is 4.15. The largest absolute Gasteiger partial charge is 0.344 e. The Bertz CT molecular complexity index is 249. The summed E-state index contributed by atoms with van der Waals surface area (Å²) in [5.41, 5.74) is 1.50. The van der Waals surface area contributed by atoms with Crippen LogP contribution in [0.15, 0.2) is 30.3 Å². The van der Waals surface area contributed by atoms with Crippen LogP contribution in [0.2, 0.25) is 0 Å². The van der Waals surface area contributed by atoms with Crippen LogP contribution < -0.4 is 6.15 Å². The first kappa shape index (κ1) is 11.3. The normalized spacial score (nSPS) is 24.9. The summed E-state index contributed by atoms with van der Waals surface area (Å²) in [6.45, 7) is 2.36. The third-order valence-corrected chi connectivity index (χ3v) is 3.16. The number of rotatable bonds is 3. The molecule has 0 bridgehead atoms.